The smallest absolute Gasteiger partial charge is 0.285 e. The molecule has 0 aliphatic carbocycles. The van der Waals surface area contributed by atoms with Crippen LogP contribution in [0.3, 0.4) is 0 Å². The summed E-state index contributed by atoms with van der Waals surface area (Å²) < 4.78 is 0.575. The molecule has 0 aliphatic heterocycles. The van der Waals surface area contributed by atoms with Gasteiger partial charge in [0.2, 0.25) is 0 Å². The lowest BCUT2D eigenvalue weighted by atomic mass is 10.4. The third-order valence-corrected chi connectivity index (χ3v) is 1.39. The molecule has 1 aromatic heterocycles. The minimum absolute atomic E-state index is 0.190. The highest BCUT2D eigenvalue weighted by Gasteiger charge is 2.03. The van der Waals surface area contributed by atoms with Gasteiger partial charge >= 0.3 is 0 Å². The quantitative estimate of drug-likeness (QED) is 0.389. The van der Waals surface area contributed by atoms with E-state index in [1.807, 2.05) is 5.43 Å². The van der Waals surface area contributed by atoms with Gasteiger partial charge in [0.25, 0.3) is 5.91 Å². The van der Waals surface area contributed by atoms with E-state index in [2.05, 4.69) is 25.9 Å². The van der Waals surface area contributed by atoms with Crippen LogP contribution >= 0.6 is 15.9 Å². The zero-order valence-electron chi connectivity index (χ0n) is 5.41. The number of carbonyl (C=O) groups excluding carboxylic acids is 1. The largest absolute Gasteiger partial charge is 0.289 e. The van der Waals surface area contributed by atoms with Crippen molar-refractivity contribution in [1.29, 1.82) is 0 Å². The minimum atomic E-state index is -0.454. The Kier molecular flexibility index (Phi) is 2.50. The molecule has 11 heavy (non-hydrogen) atoms. The Morgan fingerprint density at radius 3 is 2.73 bits per heavy atom. The van der Waals surface area contributed by atoms with E-state index in [1.54, 1.807) is 0 Å². The number of aromatic nitrogens is 2. The minimum Gasteiger partial charge on any atom is -0.289 e. The van der Waals surface area contributed by atoms with E-state index in [1.165, 1.54) is 12.4 Å². The molecule has 0 fully saturated rings. The maximum atomic E-state index is 10.8. The topological polar surface area (TPSA) is 80.9 Å². The number of hydrogen-bond donors (Lipinski definition) is 2. The lowest BCUT2D eigenvalue weighted by Crippen LogP contribution is -2.30. The second kappa shape index (κ2) is 3.40. The van der Waals surface area contributed by atoms with Gasteiger partial charge in [-0.1, -0.05) is 0 Å². The number of nitrogens with one attached hydrogen (secondary N) is 1. The predicted octanol–water partition coefficient (Wildman–Crippen LogP) is -0.157. The molecule has 0 bridgehead atoms. The average Bonchev–Trinajstić information content (AvgIpc) is 2.05. The first-order valence-corrected chi connectivity index (χ1v) is 3.52. The Morgan fingerprint density at radius 1 is 1.55 bits per heavy atom. The zero-order chi connectivity index (χ0) is 8.27. The highest BCUT2D eigenvalue weighted by molar-refractivity contribution is 9.10. The number of hydrazine groups is 1. The molecule has 0 aromatic carbocycles. The molecule has 0 saturated carbocycles. The molecular weight excluding hydrogens is 212 g/mol. The van der Waals surface area contributed by atoms with Crippen LogP contribution in [0, 0.1) is 0 Å². The van der Waals surface area contributed by atoms with E-state index in [0.717, 1.165) is 0 Å². The van der Waals surface area contributed by atoms with Gasteiger partial charge < -0.3 is 0 Å². The van der Waals surface area contributed by atoms with Gasteiger partial charge in [0, 0.05) is 0 Å². The summed E-state index contributed by atoms with van der Waals surface area (Å²) in [6.07, 6.45) is 2.75. The van der Waals surface area contributed by atoms with E-state index in [-0.39, 0.29) is 5.69 Å². The molecule has 58 valence electrons. The number of carbonyl (C=O) groups is 1. The second-order valence-electron chi connectivity index (χ2n) is 1.70. The van der Waals surface area contributed by atoms with Gasteiger partial charge in [0.1, 0.15) is 10.3 Å². The maximum absolute atomic E-state index is 10.8. The molecule has 0 radical (unpaired) electrons. The number of amides is 1. The van der Waals surface area contributed by atoms with Crippen LogP contribution in [-0.4, -0.2) is 15.9 Å². The lowest BCUT2D eigenvalue weighted by molar-refractivity contribution is 0.0948. The van der Waals surface area contributed by atoms with Gasteiger partial charge in [-0.25, -0.2) is 15.8 Å². The number of nitrogen functional groups attached to an aromatic ring is 1. The van der Waals surface area contributed by atoms with Crippen LogP contribution in [0.2, 0.25) is 0 Å². The van der Waals surface area contributed by atoms with Crippen molar-refractivity contribution in [3.63, 3.8) is 0 Å². The molecular formula is C5H5BrN4O. The Balaban J connectivity index is 2.90. The van der Waals surface area contributed by atoms with Crippen molar-refractivity contribution in [2.75, 3.05) is 0 Å². The van der Waals surface area contributed by atoms with Gasteiger partial charge in [-0.05, 0) is 15.9 Å². The molecule has 0 unspecified atom stereocenters. The zero-order valence-corrected chi connectivity index (χ0v) is 7.00. The second-order valence-corrected chi connectivity index (χ2v) is 2.51. The van der Waals surface area contributed by atoms with Crippen LogP contribution in [0.1, 0.15) is 10.5 Å². The van der Waals surface area contributed by atoms with E-state index < -0.39 is 5.91 Å². The fourth-order valence-corrected chi connectivity index (χ4v) is 0.708. The molecule has 0 spiro atoms. The van der Waals surface area contributed by atoms with Crippen molar-refractivity contribution in [3.8, 4) is 0 Å². The van der Waals surface area contributed by atoms with Crippen LogP contribution < -0.4 is 11.3 Å². The van der Waals surface area contributed by atoms with Gasteiger partial charge in [-0.15, -0.1) is 0 Å². The van der Waals surface area contributed by atoms with E-state index in [4.69, 9.17) is 5.84 Å². The highest BCUT2D eigenvalue weighted by Crippen LogP contribution is 2.01. The number of hydrogen-bond acceptors (Lipinski definition) is 4. The number of nitrogens with zero attached hydrogens (tertiary/aromatic N) is 2. The Bertz CT molecular complexity index is 260. The van der Waals surface area contributed by atoms with Gasteiger partial charge in [-0.3, -0.25) is 10.2 Å². The summed E-state index contributed by atoms with van der Waals surface area (Å²) in [6.45, 7) is 0. The molecule has 6 heteroatoms. The third kappa shape index (κ3) is 1.95. The Labute approximate surface area is 71.1 Å². The molecule has 5 nitrogen and oxygen atoms in total. The monoisotopic (exact) mass is 216 g/mol. The van der Waals surface area contributed by atoms with Crippen LogP contribution in [0.5, 0.6) is 0 Å². The van der Waals surface area contributed by atoms with Crippen LogP contribution in [0.4, 0.5) is 0 Å². The predicted molar refractivity (Wildman–Crippen MR) is 41.4 cm³/mol. The fraction of sp³-hybridized carbons (Fsp3) is 0. The molecule has 0 saturated heterocycles. The van der Waals surface area contributed by atoms with Crippen molar-refractivity contribution in [3.05, 3.63) is 22.7 Å². The van der Waals surface area contributed by atoms with E-state index in [0.29, 0.717) is 4.60 Å². The summed E-state index contributed by atoms with van der Waals surface area (Å²) in [7, 11) is 0. The first-order valence-electron chi connectivity index (χ1n) is 2.72. The van der Waals surface area contributed by atoms with Crippen molar-refractivity contribution in [2.24, 2.45) is 5.84 Å². The van der Waals surface area contributed by atoms with E-state index in [9.17, 15) is 4.79 Å². The van der Waals surface area contributed by atoms with Crippen LogP contribution in [0.25, 0.3) is 0 Å². The lowest BCUT2D eigenvalue weighted by Gasteiger charge is -1.95. The Hall–Kier alpha value is -1.01. The average molecular weight is 217 g/mol. The molecule has 0 atom stereocenters. The number of rotatable bonds is 1. The molecule has 1 aromatic rings. The van der Waals surface area contributed by atoms with Crippen molar-refractivity contribution >= 4 is 21.8 Å². The Morgan fingerprint density at radius 2 is 2.27 bits per heavy atom. The summed E-state index contributed by atoms with van der Waals surface area (Å²) in [6, 6.07) is 0. The number of halogens is 1. The van der Waals surface area contributed by atoms with Crippen LogP contribution in [-0.2, 0) is 0 Å². The summed E-state index contributed by atoms with van der Waals surface area (Å²) in [5.74, 6) is 4.41. The van der Waals surface area contributed by atoms with Crippen LogP contribution in [0.15, 0.2) is 17.0 Å². The van der Waals surface area contributed by atoms with Gasteiger partial charge in [0.15, 0.2) is 0 Å². The summed E-state index contributed by atoms with van der Waals surface area (Å²) in [5, 5.41) is 0. The summed E-state index contributed by atoms with van der Waals surface area (Å²) >= 11 is 3.08. The molecule has 1 amide bonds. The molecule has 0 aliphatic rings. The van der Waals surface area contributed by atoms with Gasteiger partial charge in [-0.2, -0.15) is 0 Å². The van der Waals surface area contributed by atoms with Gasteiger partial charge in [0.05, 0.1) is 12.4 Å². The van der Waals surface area contributed by atoms with E-state index >= 15 is 0 Å². The SMILES string of the molecule is NNC(=O)c1cnc(Br)cn1. The normalized spacial score (nSPS) is 9.27. The van der Waals surface area contributed by atoms with Crippen molar-refractivity contribution < 1.29 is 4.79 Å². The standard InChI is InChI=1S/C5H5BrN4O/c6-4-2-8-3(1-9-4)5(11)10-7/h1-2H,7H2,(H,10,11). The number of nitrogens with two attached hydrogens (primary N) is 1. The summed E-state index contributed by atoms with van der Waals surface area (Å²) in [5.41, 5.74) is 2.13. The first kappa shape index (κ1) is 8.09. The molecule has 1 heterocycles. The fourth-order valence-electron chi connectivity index (χ4n) is 0.503. The molecule has 1 rings (SSSR count). The van der Waals surface area contributed by atoms with Crippen molar-refractivity contribution in [2.45, 2.75) is 0 Å². The maximum Gasteiger partial charge on any atom is 0.285 e. The van der Waals surface area contributed by atoms with Crippen molar-refractivity contribution in [1.82, 2.24) is 15.4 Å². The highest BCUT2D eigenvalue weighted by atomic mass is 79.9. The molecule has 3 N–H and O–H groups in total. The third-order valence-electron chi connectivity index (χ3n) is 0.984. The summed E-state index contributed by atoms with van der Waals surface area (Å²) in [4.78, 5) is 18.3. The first-order chi connectivity index (χ1) is 5.24.